The molecule has 0 aromatic heterocycles. The number of fused-ring (bicyclic) bond motifs is 1. The fourth-order valence-corrected chi connectivity index (χ4v) is 7.81. The average Bonchev–Trinajstić information content (AvgIpc) is 3.35. The van der Waals surface area contributed by atoms with Crippen LogP contribution in [0.5, 0.6) is 0 Å². The first-order valence-corrected chi connectivity index (χ1v) is 19.9. The van der Waals surface area contributed by atoms with Crippen molar-refractivity contribution >= 4 is 27.8 Å². The van der Waals surface area contributed by atoms with Crippen LogP contribution in [0.3, 0.4) is 0 Å². The molecule has 0 aliphatic heterocycles. The predicted molar refractivity (Wildman–Crippen MR) is 251 cm³/mol. The molecule has 0 aliphatic carbocycles. The second-order valence-corrected chi connectivity index (χ2v) is 14.7. The Morgan fingerprint density at radius 1 is 0.220 bits per heavy atom. The van der Waals surface area contributed by atoms with Gasteiger partial charge in [0.25, 0.3) is 0 Å². The normalized spacial score (nSPS) is 12.0. The molecule has 0 saturated heterocycles. The predicted octanol–water partition coefficient (Wildman–Crippen LogP) is 16.3. The molecule has 0 bridgehead atoms. The van der Waals surface area contributed by atoms with Crippen LogP contribution in [0.25, 0.3) is 77.5 Å². The van der Waals surface area contributed by atoms with Crippen molar-refractivity contribution in [3.8, 4) is 66.8 Å². The topological polar surface area (TPSA) is 3.24 Å². The highest BCUT2D eigenvalue weighted by Crippen LogP contribution is 2.40. The summed E-state index contributed by atoms with van der Waals surface area (Å²) >= 11 is 0. The van der Waals surface area contributed by atoms with Crippen LogP contribution in [0.2, 0.25) is 0 Å². The molecule has 0 spiro atoms. The van der Waals surface area contributed by atoms with E-state index in [1.54, 1.807) is 0 Å². The van der Waals surface area contributed by atoms with Crippen LogP contribution in [-0.4, -0.2) is 0 Å². The van der Waals surface area contributed by atoms with Gasteiger partial charge >= 0.3 is 0 Å². The monoisotopic (exact) mass is 755 g/mol. The van der Waals surface area contributed by atoms with E-state index in [0.717, 1.165) is 66.4 Å². The van der Waals surface area contributed by atoms with E-state index in [-0.39, 0.29) is 35.4 Å². The van der Waals surface area contributed by atoms with E-state index in [4.69, 9.17) is 0 Å². The van der Waals surface area contributed by atoms with E-state index in [1.165, 1.54) is 0 Å². The zero-order valence-electron chi connectivity index (χ0n) is 36.3. The van der Waals surface area contributed by atoms with Crippen LogP contribution >= 0.6 is 0 Å². The zero-order chi connectivity index (χ0) is 42.9. The van der Waals surface area contributed by atoms with Crippen molar-refractivity contribution < 1.29 is 5.48 Å². The van der Waals surface area contributed by atoms with Crippen LogP contribution < -0.4 is 4.90 Å². The highest BCUT2D eigenvalue weighted by Gasteiger charge is 2.16. The summed E-state index contributed by atoms with van der Waals surface area (Å²) in [6.07, 6.45) is 0. The van der Waals surface area contributed by atoms with Crippen molar-refractivity contribution in [1.29, 1.82) is 0 Å². The molecule has 0 atom stereocenters. The van der Waals surface area contributed by atoms with Crippen LogP contribution in [0.15, 0.2) is 249 Å². The number of hydrogen-bond acceptors (Lipinski definition) is 1. The van der Waals surface area contributed by atoms with Crippen LogP contribution in [0.1, 0.15) is 5.48 Å². The number of benzene rings is 10. The molecule has 0 amide bonds. The maximum absolute atomic E-state index is 9.59. The molecule has 0 heterocycles. The largest absolute Gasteiger partial charge is 0.310 e. The maximum Gasteiger partial charge on any atom is 0.0645 e. The molecule has 10 aromatic carbocycles. The van der Waals surface area contributed by atoms with Gasteiger partial charge in [-0.3, -0.25) is 0 Å². The Bertz CT molecular complexity index is 3150. The van der Waals surface area contributed by atoms with Crippen molar-refractivity contribution in [3.63, 3.8) is 0 Å². The molecule has 0 unspecified atom stereocenters. The van der Waals surface area contributed by atoms with E-state index in [1.807, 2.05) is 108 Å². The van der Waals surface area contributed by atoms with E-state index in [0.29, 0.717) is 16.9 Å². The van der Waals surface area contributed by atoms with Gasteiger partial charge in [0, 0.05) is 17.1 Å². The molecule has 1 heteroatoms. The molecular weight excluding hydrogens is 711 g/mol. The van der Waals surface area contributed by atoms with Gasteiger partial charge in [-0.25, -0.2) is 0 Å². The van der Waals surface area contributed by atoms with Gasteiger partial charge in [0.1, 0.15) is 0 Å². The van der Waals surface area contributed by atoms with Crippen molar-refractivity contribution in [2.75, 3.05) is 4.90 Å². The smallest absolute Gasteiger partial charge is 0.0645 e. The first kappa shape index (κ1) is 31.4. The van der Waals surface area contributed by atoms with Gasteiger partial charge < -0.3 is 4.90 Å². The molecule has 278 valence electrons. The summed E-state index contributed by atoms with van der Waals surface area (Å²) in [7, 11) is 0. The zero-order valence-corrected chi connectivity index (χ0v) is 32.3. The second-order valence-electron chi connectivity index (χ2n) is 14.7. The molecule has 0 fully saturated rings. The summed E-state index contributed by atoms with van der Waals surface area (Å²) in [4.78, 5) is 1.87. The van der Waals surface area contributed by atoms with Crippen LogP contribution in [-0.2, 0) is 0 Å². The Balaban J connectivity index is 1.11. The van der Waals surface area contributed by atoms with Gasteiger partial charge in [0.05, 0.1) is 5.48 Å². The summed E-state index contributed by atoms with van der Waals surface area (Å²) in [6, 6.07) is 75.7. The maximum atomic E-state index is 9.59. The minimum atomic E-state index is -0.124. The Morgan fingerprint density at radius 2 is 0.627 bits per heavy atom. The Hall–Kier alpha value is -7.74. The fraction of sp³-hybridized carbons (Fsp3) is 0. The van der Waals surface area contributed by atoms with Crippen LogP contribution in [0, 0.1) is 0 Å². The van der Waals surface area contributed by atoms with Crippen molar-refractivity contribution in [3.05, 3.63) is 249 Å². The quantitative estimate of drug-likeness (QED) is 0.142. The fourth-order valence-electron chi connectivity index (χ4n) is 7.81. The number of rotatable bonds is 9. The summed E-state index contributed by atoms with van der Waals surface area (Å²) in [5, 5.41) is 2.29. The lowest BCUT2D eigenvalue weighted by atomic mass is 9.93. The van der Waals surface area contributed by atoms with Crippen LogP contribution in [0.4, 0.5) is 17.1 Å². The van der Waals surface area contributed by atoms with Gasteiger partial charge in [0.2, 0.25) is 0 Å². The standard InChI is InChI=1S/C58H41N/c1-4-13-42(14-5-1)46-23-25-47(26-24-46)48-29-33-56(34-30-48)59(58-22-12-21-51(41-58)52-28-27-45-19-10-11-20-50(45)37-52)57-35-31-49(32-36-57)55-39-53(43-15-6-2-7-16-43)38-54(40-55)44-17-8-3-9-18-44/h1-41H/i29D,30D,33D,34D. The SMILES string of the molecule is [2H]c1c([2H])c(N(c2ccc(-c3cc(-c4ccccc4)cc(-c4ccccc4)c3)cc2)c2cccc(-c3ccc4ccccc4c3)c2)c([2H])c([2H])c1-c1ccc(-c2ccccc2)cc1. The first-order chi connectivity index (χ1) is 30.9. The van der Waals surface area contributed by atoms with Crippen molar-refractivity contribution in [1.82, 2.24) is 0 Å². The molecule has 0 saturated carbocycles. The second kappa shape index (κ2) is 16.0. The van der Waals surface area contributed by atoms with Gasteiger partial charge in [-0.05, 0) is 138 Å². The molecule has 0 radical (unpaired) electrons. The number of nitrogens with zero attached hydrogens (tertiary/aromatic N) is 1. The minimum absolute atomic E-state index is 0.100. The molecule has 0 N–H and O–H groups in total. The highest BCUT2D eigenvalue weighted by molar-refractivity contribution is 5.89. The lowest BCUT2D eigenvalue weighted by Crippen LogP contribution is -2.10. The van der Waals surface area contributed by atoms with E-state index >= 15 is 0 Å². The van der Waals surface area contributed by atoms with E-state index in [2.05, 4.69) is 121 Å². The van der Waals surface area contributed by atoms with Gasteiger partial charge in [0.15, 0.2) is 0 Å². The number of hydrogen-bond donors (Lipinski definition) is 0. The summed E-state index contributed by atoms with van der Waals surface area (Å²) < 4.78 is 38.0. The summed E-state index contributed by atoms with van der Waals surface area (Å²) in [6.45, 7) is 0. The lowest BCUT2D eigenvalue weighted by Gasteiger charge is -2.26. The molecule has 1 nitrogen and oxygen atoms in total. The lowest BCUT2D eigenvalue weighted by molar-refractivity contribution is 1.28. The van der Waals surface area contributed by atoms with Crippen molar-refractivity contribution in [2.24, 2.45) is 0 Å². The Morgan fingerprint density at radius 3 is 1.20 bits per heavy atom. The Kier molecular flexibility index (Phi) is 8.51. The molecule has 59 heavy (non-hydrogen) atoms. The van der Waals surface area contributed by atoms with Gasteiger partial charge in [-0.2, -0.15) is 0 Å². The third kappa shape index (κ3) is 7.58. The van der Waals surface area contributed by atoms with Crippen molar-refractivity contribution in [2.45, 2.75) is 0 Å². The van der Waals surface area contributed by atoms with Gasteiger partial charge in [-0.15, -0.1) is 0 Å². The first-order valence-electron chi connectivity index (χ1n) is 21.9. The van der Waals surface area contributed by atoms with Gasteiger partial charge in [-0.1, -0.05) is 188 Å². The summed E-state index contributed by atoms with van der Waals surface area (Å²) in [5.41, 5.74) is 13.1. The molecular formula is C58H41N. The Labute approximate surface area is 352 Å². The molecule has 10 aromatic rings. The minimum Gasteiger partial charge on any atom is -0.310 e. The average molecular weight is 756 g/mol. The molecule has 10 rings (SSSR count). The van der Waals surface area contributed by atoms with E-state index < -0.39 is 0 Å². The number of anilines is 3. The third-order valence-electron chi connectivity index (χ3n) is 10.9. The van der Waals surface area contributed by atoms with E-state index in [9.17, 15) is 5.48 Å². The molecule has 0 aliphatic rings. The third-order valence-corrected chi connectivity index (χ3v) is 10.9. The summed E-state index contributed by atoms with van der Waals surface area (Å²) in [5.74, 6) is 0. The highest BCUT2D eigenvalue weighted by atomic mass is 15.1.